The van der Waals surface area contributed by atoms with Gasteiger partial charge in [-0.1, -0.05) is 37.6 Å². The number of halogens is 1. The molecule has 0 bridgehead atoms. The molecule has 0 saturated carbocycles. The molecule has 1 nitrogen and oxygen atoms in total. The van der Waals surface area contributed by atoms with Crippen LogP contribution in [0.1, 0.15) is 32.3 Å². The molecule has 0 radical (unpaired) electrons. The molecule has 0 aliphatic heterocycles. The van der Waals surface area contributed by atoms with Crippen LogP contribution >= 0.6 is 11.6 Å². The van der Waals surface area contributed by atoms with Gasteiger partial charge in [0.1, 0.15) is 5.78 Å². The maximum Gasteiger partial charge on any atom is 0.137 e. The van der Waals surface area contributed by atoms with E-state index in [-0.39, 0.29) is 11.7 Å². The van der Waals surface area contributed by atoms with Crippen molar-refractivity contribution in [2.75, 3.05) is 0 Å². The minimum Gasteiger partial charge on any atom is -0.299 e. The predicted molar refractivity (Wildman–Crippen MR) is 59.7 cm³/mol. The lowest BCUT2D eigenvalue weighted by Gasteiger charge is -2.18. The van der Waals surface area contributed by atoms with Crippen LogP contribution in [0.5, 0.6) is 0 Å². The van der Waals surface area contributed by atoms with E-state index in [0.717, 1.165) is 5.56 Å². The summed E-state index contributed by atoms with van der Waals surface area (Å²) < 4.78 is 0. The SMILES string of the molecule is CC(=O)C(c1cccc(Cl)c1)C(C)C. The van der Waals surface area contributed by atoms with Crippen LogP contribution in [0, 0.1) is 5.92 Å². The first-order chi connectivity index (χ1) is 6.52. The van der Waals surface area contributed by atoms with E-state index in [1.165, 1.54) is 0 Å². The van der Waals surface area contributed by atoms with Gasteiger partial charge in [0, 0.05) is 10.9 Å². The lowest BCUT2D eigenvalue weighted by molar-refractivity contribution is -0.119. The van der Waals surface area contributed by atoms with Crippen molar-refractivity contribution >= 4 is 17.4 Å². The number of Topliss-reactive ketones (excluding diaryl/α,β-unsaturated/α-hetero) is 1. The third kappa shape index (κ3) is 2.58. The minimum atomic E-state index is -0.0336. The fourth-order valence-electron chi connectivity index (χ4n) is 1.79. The quantitative estimate of drug-likeness (QED) is 0.744. The lowest BCUT2D eigenvalue weighted by atomic mass is 9.86. The standard InChI is InChI=1S/C12H15ClO/c1-8(2)12(9(3)14)10-5-4-6-11(13)7-10/h4-8,12H,1-3H3. The van der Waals surface area contributed by atoms with Crippen LogP contribution in [0.15, 0.2) is 24.3 Å². The first-order valence-electron chi connectivity index (χ1n) is 4.78. The second-order valence-electron chi connectivity index (χ2n) is 3.89. The van der Waals surface area contributed by atoms with E-state index >= 15 is 0 Å². The second-order valence-corrected chi connectivity index (χ2v) is 4.32. The molecule has 1 aromatic rings. The average Bonchev–Trinajstić information content (AvgIpc) is 2.02. The van der Waals surface area contributed by atoms with E-state index in [0.29, 0.717) is 10.9 Å². The summed E-state index contributed by atoms with van der Waals surface area (Å²) in [4.78, 5) is 11.5. The Bertz CT molecular complexity index is 331. The number of rotatable bonds is 3. The van der Waals surface area contributed by atoms with Crippen molar-refractivity contribution in [3.63, 3.8) is 0 Å². The van der Waals surface area contributed by atoms with Gasteiger partial charge in [0.15, 0.2) is 0 Å². The van der Waals surface area contributed by atoms with Crippen LogP contribution in [0.4, 0.5) is 0 Å². The number of carbonyl (C=O) groups is 1. The van der Waals surface area contributed by atoms with E-state index in [1.807, 2.05) is 38.1 Å². The summed E-state index contributed by atoms with van der Waals surface area (Å²) in [6.45, 7) is 5.73. The zero-order valence-corrected chi connectivity index (χ0v) is 9.51. The largest absolute Gasteiger partial charge is 0.299 e. The predicted octanol–water partition coefficient (Wildman–Crippen LogP) is 3.67. The van der Waals surface area contributed by atoms with Crippen molar-refractivity contribution in [2.45, 2.75) is 26.7 Å². The van der Waals surface area contributed by atoms with Gasteiger partial charge in [-0.05, 0) is 30.5 Å². The highest BCUT2D eigenvalue weighted by atomic mass is 35.5. The number of benzene rings is 1. The number of hydrogen-bond acceptors (Lipinski definition) is 1. The molecular formula is C12H15ClO. The lowest BCUT2D eigenvalue weighted by Crippen LogP contribution is -2.15. The Kier molecular flexibility index (Phi) is 3.70. The molecule has 0 aliphatic rings. The van der Waals surface area contributed by atoms with Crippen molar-refractivity contribution in [2.24, 2.45) is 5.92 Å². The molecule has 1 aromatic carbocycles. The van der Waals surface area contributed by atoms with Crippen LogP contribution in [0.25, 0.3) is 0 Å². The van der Waals surface area contributed by atoms with E-state index in [1.54, 1.807) is 6.92 Å². The zero-order chi connectivity index (χ0) is 10.7. The molecule has 14 heavy (non-hydrogen) atoms. The van der Waals surface area contributed by atoms with Gasteiger partial charge in [-0.2, -0.15) is 0 Å². The Morgan fingerprint density at radius 1 is 1.36 bits per heavy atom. The Morgan fingerprint density at radius 2 is 2.00 bits per heavy atom. The summed E-state index contributed by atoms with van der Waals surface area (Å²) in [5.41, 5.74) is 1.01. The van der Waals surface area contributed by atoms with Crippen molar-refractivity contribution < 1.29 is 4.79 Å². The third-order valence-electron chi connectivity index (χ3n) is 2.31. The molecule has 2 heteroatoms. The maximum atomic E-state index is 11.5. The normalized spacial score (nSPS) is 12.9. The number of carbonyl (C=O) groups excluding carboxylic acids is 1. The molecule has 0 saturated heterocycles. The van der Waals surface area contributed by atoms with E-state index in [4.69, 9.17) is 11.6 Å². The maximum absolute atomic E-state index is 11.5. The van der Waals surface area contributed by atoms with Gasteiger partial charge in [0.25, 0.3) is 0 Å². The van der Waals surface area contributed by atoms with Crippen LogP contribution in [0.3, 0.4) is 0 Å². The molecule has 1 rings (SSSR count). The summed E-state index contributed by atoms with van der Waals surface area (Å²) in [6.07, 6.45) is 0. The first-order valence-corrected chi connectivity index (χ1v) is 5.16. The minimum absolute atomic E-state index is 0.0336. The van der Waals surface area contributed by atoms with Crippen LogP contribution < -0.4 is 0 Å². The summed E-state index contributed by atoms with van der Waals surface area (Å²) in [5, 5.41) is 0.689. The molecule has 0 amide bonds. The van der Waals surface area contributed by atoms with Crippen LogP contribution in [-0.4, -0.2) is 5.78 Å². The fraction of sp³-hybridized carbons (Fsp3) is 0.417. The van der Waals surface area contributed by atoms with Gasteiger partial charge in [0.05, 0.1) is 0 Å². The highest BCUT2D eigenvalue weighted by molar-refractivity contribution is 6.30. The Hall–Kier alpha value is -0.820. The van der Waals surface area contributed by atoms with Gasteiger partial charge < -0.3 is 0 Å². The monoisotopic (exact) mass is 210 g/mol. The Balaban J connectivity index is 3.05. The van der Waals surface area contributed by atoms with Crippen LogP contribution in [-0.2, 0) is 4.79 Å². The molecule has 1 atom stereocenters. The number of ketones is 1. The van der Waals surface area contributed by atoms with Crippen LogP contribution in [0.2, 0.25) is 5.02 Å². The fourth-order valence-corrected chi connectivity index (χ4v) is 1.99. The summed E-state index contributed by atoms with van der Waals surface area (Å²) in [7, 11) is 0. The number of hydrogen-bond donors (Lipinski definition) is 0. The van der Waals surface area contributed by atoms with Gasteiger partial charge in [-0.3, -0.25) is 4.79 Å². The van der Waals surface area contributed by atoms with Gasteiger partial charge >= 0.3 is 0 Å². The molecule has 76 valence electrons. The second kappa shape index (κ2) is 4.61. The summed E-state index contributed by atoms with van der Waals surface area (Å²) in [6, 6.07) is 7.53. The first kappa shape index (κ1) is 11.3. The summed E-state index contributed by atoms with van der Waals surface area (Å²) >= 11 is 5.89. The Labute approximate surface area is 90.1 Å². The molecule has 0 spiro atoms. The van der Waals surface area contributed by atoms with E-state index < -0.39 is 0 Å². The highest BCUT2D eigenvalue weighted by Crippen LogP contribution is 2.27. The van der Waals surface area contributed by atoms with Gasteiger partial charge in [0.2, 0.25) is 0 Å². The molecule has 0 N–H and O–H groups in total. The van der Waals surface area contributed by atoms with E-state index in [9.17, 15) is 4.79 Å². The summed E-state index contributed by atoms with van der Waals surface area (Å²) in [5.74, 6) is 0.474. The topological polar surface area (TPSA) is 17.1 Å². The third-order valence-corrected chi connectivity index (χ3v) is 2.55. The smallest absolute Gasteiger partial charge is 0.137 e. The molecule has 0 fully saturated rings. The van der Waals surface area contributed by atoms with Crippen molar-refractivity contribution in [1.29, 1.82) is 0 Å². The highest BCUT2D eigenvalue weighted by Gasteiger charge is 2.20. The van der Waals surface area contributed by atoms with Gasteiger partial charge in [-0.25, -0.2) is 0 Å². The molecule has 0 aromatic heterocycles. The van der Waals surface area contributed by atoms with Crippen molar-refractivity contribution in [1.82, 2.24) is 0 Å². The molecule has 1 unspecified atom stereocenters. The molecular weight excluding hydrogens is 196 g/mol. The van der Waals surface area contributed by atoms with E-state index in [2.05, 4.69) is 0 Å². The molecule has 0 heterocycles. The van der Waals surface area contributed by atoms with Gasteiger partial charge in [-0.15, -0.1) is 0 Å². The Morgan fingerprint density at radius 3 is 2.43 bits per heavy atom. The zero-order valence-electron chi connectivity index (χ0n) is 8.75. The molecule has 0 aliphatic carbocycles. The van der Waals surface area contributed by atoms with Crippen molar-refractivity contribution in [3.05, 3.63) is 34.9 Å². The van der Waals surface area contributed by atoms with Crippen molar-refractivity contribution in [3.8, 4) is 0 Å². The average molecular weight is 211 g/mol.